The minimum Gasteiger partial charge on any atom is -0.340 e. The predicted octanol–water partition coefficient (Wildman–Crippen LogP) is 0.647. The van der Waals surface area contributed by atoms with Crippen molar-refractivity contribution in [3.63, 3.8) is 0 Å². The van der Waals surface area contributed by atoms with E-state index in [0.29, 0.717) is 43.3 Å². The van der Waals surface area contributed by atoms with E-state index in [1.807, 2.05) is 4.90 Å². The molecule has 1 N–H and O–H groups in total. The third kappa shape index (κ3) is 5.96. The van der Waals surface area contributed by atoms with Gasteiger partial charge in [-0.25, -0.2) is 8.42 Å². The molecule has 0 saturated carbocycles. The fourth-order valence-corrected chi connectivity index (χ4v) is 3.55. The number of amides is 2. The monoisotopic (exact) mass is 401 g/mol. The molecule has 2 amide bonds. The molecule has 9 heteroatoms. The Kier molecular flexibility index (Phi) is 7.02. The van der Waals surface area contributed by atoms with Crippen LogP contribution in [0.2, 0.25) is 5.02 Å². The Labute approximate surface area is 159 Å². The van der Waals surface area contributed by atoms with E-state index in [2.05, 4.69) is 5.32 Å². The number of halogens is 1. The van der Waals surface area contributed by atoms with Crippen LogP contribution in [-0.2, 0) is 14.6 Å². The number of hydrogen-bond donors (Lipinski definition) is 1. The van der Waals surface area contributed by atoms with E-state index < -0.39 is 15.9 Å². The second-order valence-corrected chi connectivity index (χ2v) is 9.14. The lowest BCUT2D eigenvalue weighted by Crippen LogP contribution is -2.54. The first-order valence-electron chi connectivity index (χ1n) is 8.41. The SMILES string of the molecule is CC(NC(=O)c1ccccc1Cl)C(=O)N1CCN(CCS(C)(=O)=O)CC1. The molecule has 1 saturated heterocycles. The Hall–Kier alpha value is -1.64. The quantitative estimate of drug-likeness (QED) is 0.756. The molecule has 1 atom stereocenters. The summed E-state index contributed by atoms with van der Waals surface area (Å²) in [7, 11) is -2.99. The molecular weight excluding hydrogens is 378 g/mol. The van der Waals surface area contributed by atoms with Gasteiger partial charge in [-0.3, -0.25) is 14.5 Å². The first kappa shape index (κ1) is 20.7. The first-order chi connectivity index (χ1) is 12.2. The van der Waals surface area contributed by atoms with Crippen LogP contribution < -0.4 is 5.32 Å². The van der Waals surface area contributed by atoms with E-state index in [9.17, 15) is 18.0 Å². The highest BCUT2D eigenvalue weighted by atomic mass is 35.5. The Bertz CT molecular complexity index is 761. The zero-order chi connectivity index (χ0) is 19.3. The molecule has 7 nitrogen and oxygen atoms in total. The fraction of sp³-hybridized carbons (Fsp3) is 0.529. The van der Waals surface area contributed by atoms with Crippen LogP contribution >= 0.6 is 11.6 Å². The molecule has 0 aliphatic carbocycles. The maximum atomic E-state index is 12.5. The Morgan fingerprint density at radius 2 is 1.81 bits per heavy atom. The van der Waals surface area contributed by atoms with E-state index in [-0.39, 0.29) is 17.6 Å². The van der Waals surface area contributed by atoms with E-state index in [1.54, 1.807) is 36.1 Å². The van der Waals surface area contributed by atoms with Gasteiger partial charge in [-0.2, -0.15) is 0 Å². The molecule has 0 aromatic heterocycles. The molecule has 1 fully saturated rings. The summed E-state index contributed by atoms with van der Waals surface area (Å²) >= 11 is 6.00. The number of nitrogens with zero attached hydrogens (tertiary/aromatic N) is 2. The van der Waals surface area contributed by atoms with Gasteiger partial charge in [0.25, 0.3) is 5.91 Å². The number of nitrogens with one attached hydrogen (secondary N) is 1. The Balaban J connectivity index is 1.84. The second kappa shape index (κ2) is 8.83. The van der Waals surface area contributed by atoms with Crippen LogP contribution in [-0.4, -0.2) is 80.8 Å². The summed E-state index contributed by atoms with van der Waals surface area (Å²) in [6, 6.07) is 6.01. The Morgan fingerprint density at radius 3 is 2.38 bits per heavy atom. The lowest BCUT2D eigenvalue weighted by molar-refractivity contribution is -0.134. The van der Waals surface area contributed by atoms with Crippen molar-refractivity contribution >= 4 is 33.3 Å². The number of piperazine rings is 1. The van der Waals surface area contributed by atoms with Gasteiger partial charge in [0.05, 0.1) is 16.3 Å². The highest BCUT2D eigenvalue weighted by Crippen LogP contribution is 2.15. The van der Waals surface area contributed by atoms with E-state index >= 15 is 0 Å². The molecule has 1 aliphatic heterocycles. The van der Waals surface area contributed by atoms with Crippen molar-refractivity contribution in [1.82, 2.24) is 15.1 Å². The van der Waals surface area contributed by atoms with Crippen molar-refractivity contribution in [2.24, 2.45) is 0 Å². The van der Waals surface area contributed by atoms with Gasteiger partial charge < -0.3 is 10.2 Å². The minimum absolute atomic E-state index is 0.116. The first-order valence-corrected chi connectivity index (χ1v) is 10.9. The normalized spacial score (nSPS) is 17.0. The number of rotatable bonds is 6. The van der Waals surface area contributed by atoms with Gasteiger partial charge in [0, 0.05) is 39.0 Å². The van der Waals surface area contributed by atoms with Crippen molar-refractivity contribution < 1.29 is 18.0 Å². The predicted molar refractivity (Wildman–Crippen MR) is 101 cm³/mol. The molecule has 1 aromatic rings. The van der Waals surface area contributed by atoms with Crippen molar-refractivity contribution in [2.75, 3.05) is 44.7 Å². The van der Waals surface area contributed by atoms with Gasteiger partial charge in [0.15, 0.2) is 0 Å². The van der Waals surface area contributed by atoms with Crippen LogP contribution in [0.25, 0.3) is 0 Å². The van der Waals surface area contributed by atoms with Crippen LogP contribution in [0.3, 0.4) is 0 Å². The second-order valence-electron chi connectivity index (χ2n) is 6.47. The highest BCUT2D eigenvalue weighted by molar-refractivity contribution is 7.90. The topological polar surface area (TPSA) is 86.8 Å². The molecule has 0 radical (unpaired) electrons. The van der Waals surface area contributed by atoms with Gasteiger partial charge in [-0.1, -0.05) is 23.7 Å². The highest BCUT2D eigenvalue weighted by Gasteiger charge is 2.26. The molecule has 144 valence electrons. The van der Waals surface area contributed by atoms with Crippen LogP contribution in [0, 0.1) is 0 Å². The number of carbonyl (C=O) groups is 2. The molecule has 1 aromatic carbocycles. The van der Waals surface area contributed by atoms with Crippen LogP contribution in [0.4, 0.5) is 0 Å². The standard InChI is InChI=1S/C17H24ClN3O4S/c1-13(19-16(22)14-5-3-4-6-15(14)18)17(23)21-9-7-20(8-10-21)11-12-26(2,24)25/h3-6,13H,7-12H2,1-2H3,(H,19,22). The maximum absolute atomic E-state index is 12.5. The number of sulfone groups is 1. The van der Waals surface area contributed by atoms with Crippen molar-refractivity contribution in [3.8, 4) is 0 Å². The number of carbonyl (C=O) groups excluding carboxylic acids is 2. The maximum Gasteiger partial charge on any atom is 0.253 e. The van der Waals surface area contributed by atoms with Gasteiger partial charge in [-0.15, -0.1) is 0 Å². The smallest absolute Gasteiger partial charge is 0.253 e. The van der Waals surface area contributed by atoms with Crippen LogP contribution in [0.5, 0.6) is 0 Å². The molecule has 2 rings (SSSR count). The van der Waals surface area contributed by atoms with Crippen molar-refractivity contribution in [1.29, 1.82) is 0 Å². The molecule has 1 aliphatic rings. The third-order valence-electron chi connectivity index (χ3n) is 4.30. The average Bonchev–Trinajstić information content (AvgIpc) is 2.59. The molecule has 26 heavy (non-hydrogen) atoms. The summed E-state index contributed by atoms with van der Waals surface area (Å²) in [6.07, 6.45) is 1.22. The van der Waals surface area contributed by atoms with Gasteiger partial charge in [-0.05, 0) is 19.1 Å². The molecular formula is C17H24ClN3O4S. The fourth-order valence-electron chi connectivity index (χ4n) is 2.74. The van der Waals surface area contributed by atoms with Crippen molar-refractivity contribution in [2.45, 2.75) is 13.0 Å². The average molecular weight is 402 g/mol. The van der Waals surface area contributed by atoms with Crippen molar-refractivity contribution in [3.05, 3.63) is 34.9 Å². The summed E-state index contributed by atoms with van der Waals surface area (Å²) in [5, 5.41) is 3.02. The van der Waals surface area contributed by atoms with E-state index in [4.69, 9.17) is 11.6 Å². The summed E-state index contributed by atoms with van der Waals surface area (Å²) in [6.45, 7) is 4.37. The third-order valence-corrected chi connectivity index (χ3v) is 5.55. The zero-order valence-corrected chi connectivity index (χ0v) is 16.5. The number of benzene rings is 1. The van der Waals surface area contributed by atoms with E-state index in [1.165, 1.54) is 6.26 Å². The Morgan fingerprint density at radius 1 is 1.19 bits per heavy atom. The molecule has 1 unspecified atom stereocenters. The summed E-state index contributed by atoms with van der Waals surface area (Å²) in [5.41, 5.74) is 0.333. The van der Waals surface area contributed by atoms with E-state index in [0.717, 1.165) is 0 Å². The largest absolute Gasteiger partial charge is 0.340 e. The van der Waals surface area contributed by atoms with Gasteiger partial charge in [0.1, 0.15) is 15.9 Å². The summed E-state index contributed by atoms with van der Waals surface area (Å²) < 4.78 is 22.5. The van der Waals surface area contributed by atoms with Gasteiger partial charge >= 0.3 is 0 Å². The van der Waals surface area contributed by atoms with Gasteiger partial charge in [0.2, 0.25) is 5.91 Å². The zero-order valence-electron chi connectivity index (χ0n) is 14.9. The summed E-state index contributed by atoms with van der Waals surface area (Å²) in [5.74, 6) is -0.429. The lowest BCUT2D eigenvalue weighted by Gasteiger charge is -2.35. The minimum atomic E-state index is -2.99. The molecule has 0 bridgehead atoms. The molecule has 1 heterocycles. The number of hydrogen-bond acceptors (Lipinski definition) is 5. The van der Waals surface area contributed by atoms with Crippen LogP contribution in [0.1, 0.15) is 17.3 Å². The van der Waals surface area contributed by atoms with Crippen LogP contribution in [0.15, 0.2) is 24.3 Å². The summed E-state index contributed by atoms with van der Waals surface area (Å²) in [4.78, 5) is 28.5. The lowest BCUT2D eigenvalue weighted by atomic mass is 10.2. The molecule has 0 spiro atoms.